The molecule has 1 rings (SSSR count). The van der Waals surface area contributed by atoms with Gasteiger partial charge in [0.1, 0.15) is 5.60 Å². The summed E-state index contributed by atoms with van der Waals surface area (Å²) in [4.78, 5) is 11.7. The monoisotopic (exact) mass is 338 g/mol. The van der Waals surface area contributed by atoms with E-state index in [1.54, 1.807) is 0 Å². The van der Waals surface area contributed by atoms with Gasteiger partial charge in [-0.05, 0) is 53.7 Å². The molecule has 1 atom stereocenters. The molecule has 136 valence electrons. The minimum Gasteiger partial charge on any atom is -0.490 e. The molecule has 0 saturated heterocycles. The summed E-state index contributed by atoms with van der Waals surface area (Å²) in [5.74, 6) is 1.43. The van der Waals surface area contributed by atoms with Gasteiger partial charge in [-0.2, -0.15) is 0 Å². The second-order valence-corrected chi connectivity index (χ2v) is 6.46. The van der Waals surface area contributed by atoms with Gasteiger partial charge >= 0.3 is 6.09 Å². The lowest BCUT2D eigenvalue weighted by atomic mass is 10.2. The number of amides is 1. The van der Waals surface area contributed by atoms with Crippen LogP contribution >= 0.6 is 0 Å². The van der Waals surface area contributed by atoms with E-state index in [-0.39, 0.29) is 6.04 Å². The van der Waals surface area contributed by atoms with E-state index in [2.05, 4.69) is 10.6 Å². The van der Waals surface area contributed by atoms with Gasteiger partial charge in [0.05, 0.1) is 13.2 Å². The zero-order valence-corrected chi connectivity index (χ0v) is 15.6. The molecule has 0 saturated carbocycles. The lowest BCUT2D eigenvalue weighted by Gasteiger charge is -2.21. The fourth-order valence-electron chi connectivity index (χ4n) is 2.03. The molecular formula is C18H30N2O4. The van der Waals surface area contributed by atoms with E-state index < -0.39 is 11.7 Å². The van der Waals surface area contributed by atoms with Crippen molar-refractivity contribution in [3.8, 4) is 11.5 Å². The van der Waals surface area contributed by atoms with Gasteiger partial charge in [-0.1, -0.05) is 0 Å². The first-order valence-corrected chi connectivity index (χ1v) is 8.38. The minimum atomic E-state index is -0.498. The average molecular weight is 338 g/mol. The first-order valence-electron chi connectivity index (χ1n) is 8.38. The van der Waals surface area contributed by atoms with Crippen LogP contribution < -0.4 is 20.1 Å². The maximum Gasteiger partial charge on any atom is 0.407 e. The van der Waals surface area contributed by atoms with E-state index in [1.807, 2.05) is 59.7 Å². The topological polar surface area (TPSA) is 68.8 Å². The van der Waals surface area contributed by atoms with Gasteiger partial charge in [-0.3, -0.25) is 0 Å². The number of nitrogens with one attached hydrogen (secondary N) is 2. The number of ether oxygens (including phenoxy) is 3. The summed E-state index contributed by atoms with van der Waals surface area (Å²) >= 11 is 0. The highest BCUT2D eigenvalue weighted by atomic mass is 16.6. The summed E-state index contributed by atoms with van der Waals surface area (Å²) in [7, 11) is 0. The number of carbonyl (C=O) groups excluding carboxylic acids is 1. The van der Waals surface area contributed by atoms with Crippen LogP contribution in [0.25, 0.3) is 0 Å². The van der Waals surface area contributed by atoms with E-state index in [0.717, 1.165) is 11.4 Å². The van der Waals surface area contributed by atoms with Crippen LogP contribution in [0.3, 0.4) is 0 Å². The molecule has 0 fully saturated rings. The SMILES string of the molecule is CCOc1ccc(NC(C)CNC(=O)OC(C)(C)C)cc1OCC. The highest BCUT2D eigenvalue weighted by molar-refractivity contribution is 5.67. The van der Waals surface area contributed by atoms with E-state index in [9.17, 15) is 4.79 Å². The molecule has 6 nitrogen and oxygen atoms in total. The number of hydrogen-bond donors (Lipinski definition) is 2. The first kappa shape index (κ1) is 19.9. The van der Waals surface area contributed by atoms with Crippen molar-refractivity contribution >= 4 is 11.8 Å². The van der Waals surface area contributed by atoms with E-state index >= 15 is 0 Å². The Hall–Kier alpha value is -2.11. The van der Waals surface area contributed by atoms with E-state index in [0.29, 0.717) is 25.5 Å². The van der Waals surface area contributed by atoms with Crippen LogP contribution in [0.5, 0.6) is 11.5 Å². The molecule has 0 heterocycles. The third kappa shape index (κ3) is 7.44. The molecule has 2 N–H and O–H groups in total. The van der Waals surface area contributed by atoms with Crippen molar-refractivity contribution in [1.82, 2.24) is 5.32 Å². The molecule has 0 radical (unpaired) electrons. The molecule has 1 aromatic rings. The zero-order valence-electron chi connectivity index (χ0n) is 15.6. The highest BCUT2D eigenvalue weighted by Gasteiger charge is 2.16. The predicted molar refractivity (Wildman–Crippen MR) is 96.1 cm³/mol. The van der Waals surface area contributed by atoms with Crippen molar-refractivity contribution in [2.75, 3.05) is 25.1 Å². The largest absolute Gasteiger partial charge is 0.490 e. The van der Waals surface area contributed by atoms with Crippen molar-refractivity contribution in [3.63, 3.8) is 0 Å². The first-order chi connectivity index (χ1) is 11.2. The Balaban J connectivity index is 2.58. The van der Waals surface area contributed by atoms with Gasteiger partial charge < -0.3 is 24.8 Å². The number of carbonyl (C=O) groups is 1. The lowest BCUT2D eigenvalue weighted by Crippen LogP contribution is -2.38. The average Bonchev–Trinajstić information content (AvgIpc) is 2.46. The number of rotatable bonds is 8. The maximum absolute atomic E-state index is 11.7. The van der Waals surface area contributed by atoms with Gasteiger partial charge in [-0.25, -0.2) is 4.79 Å². The molecule has 0 aliphatic carbocycles. The molecule has 1 aromatic carbocycles. The Morgan fingerprint density at radius 1 is 1.12 bits per heavy atom. The summed E-state index contributed by atoms with van der Waals surface area (Å²) in [5.41, 5.74) is 0.405. The normalized spacial score (nSPS) is 12.2. The summed E-state index contributed by atoms with van der Waals surface area (Å²) in [5, 5.41) is 6.07. The summed E-state index contributed by atoms with van der Waals surface area (Å²) in [6, 6.07) is 5.74. The highest BCUT2D eigenvalue weighted by Crippen LogP contribution is 2.30. The van der Waals surface area contributed by atoms with Crippen molar-refractivity contribution in [1.29, 1.82) is 0 Å². The fraction of sp³-hybridized carbons (Fsp3) is 0.611. The van der Waals surface area contributed by atoms with Crippen LogP contribution in [0.15, 0.2) is 18.2 Å². The minimum absolute atomic E-state index is 0.0324. The summed E-state index contributed by atoms with van der Waals surface area (Å²) < 4.78 is 16.4. The number of benzene rings is 1. The van der Waals surface area contributed by atoms with Crippen LogP contribution in [0.1, 0.15) is 41.5 Å². The molecule has 0 spiro atoms. The third-order valence-corrected chi connectivity index (χ3v) is 2.91. The maximum atomic E-state index is 11.7. The van der Waals surface area contributed by atoms with Crippen molar-refractivity contribution in [2.24, 2.45) is 0 Å². The molecule has 1 amide bonds. The van der Waals surface area contributed by atoms with Gasteiger partial charge in [0, 0.05) is 24.3 Å². The number of alkyl carbamates (subject to hydrolysis) is 1. The molecule has 24 heavy (non-hydrogen) atoms. The Labute approximate surface area is 144 Å². The predicted octanol–water partition coefficient (Wildman–Crippen LogP) is 3.81. The molecular weight excluding hydrogens is 308 g/mol. The molecule has 1 unspecified atom stereocenters. The fourth-order valence-corrected chi connectivity index (χ4v) is 2.03. The molecule has 0 bridgehead atoms. The van der Waals surface area contributed by atoms with Gasteiger partial charge in [-0.15, -0.1) is 0 Å². The Kier molecular flexibility index (Phi) is 7.68. The zero-order chi connectivity index (χ0) is 18.2. The van der Waals surface area contributed by atoms with E-state index in [1.165, 1.54) is 0 Å². The standard InChI is InChI=1S/C18H30N2O4/c1-7-22-15-10-9-14(11-16(15)23-8-2)20-13(3)12-19-17(21)24-18(4,5)6/h9-11,13,20H,7-8,12H2,1-6H3,(H,19,21). The number of anilines is 1. The van der Waals surface area contributed by atoms with Crippen LogP contribution in [-0.4, -0.2) is 37.5 Å². The summed E-state index contributed by atoms with van der Waals surface area (Å²) in [6.45, 7) is 13.0. The quantitative estimate of drug-likeness (QED) is 0.754. The van der Waals surface area contributed by atoms with Crippen LogP contribution in [-0.2, 0) is 4.74 Å². The molecule has 6 heteroatoms. The molecule has 0 aliphatic rings. The Morgan fingerprint density at radius 3 is 2.33 bits per heavy atom. The van der Waals surface area contributed by atoms with Crippen LogP contribution in [0.2, 0.25) is 0 Å². The summed E-state index contributed by atoms with van der Waals surface area (Å²) in [6.07, 6.45) is -0.419. The smallest absolute Gasteiger partial charge is 0.407 e. The van der Waals surface area contributed by atoms with Gasteiger partial charge in [0.2, 0.25) is 0 Å². The Bertz CT molecular complexity index is 526. The Morgan fingerprint density at radius 2 is 1.75 bits per heavy atom. The second-order valence-electron chi connectivity index (χ2n) is 6.46. The van der Waals surface area contributed by atoms with E-state index in [4.69, 9.17) is 14.2 Å². The van der Waals surface area contributed by atoms with Crippen LogP contribution in [0.4, 0.5) is 10.5 Å². The van der Waals surface area contributed by atoms with Crippen LogP contribution in [0, 0.1) is 0 Å². The van der Waals surface area contributed by atoms with Crippen molar-refractivity contribution in [2.45, 2.75) is 53.2 Å². The van der Waals surface area contributed by atoms with Crippen molar-refractivity contribution < 1.29 is 19.0 Å². The van der Waals surface area contributed by atoms with Gasteiger partial charge in [0.15, 0.2) is 11.5 Å². The second kappa shape index (κ2) is 9.25. The third-order valence-electron chi connectivity index (χ3n) is 2.91. The van der Waals surface area contributed by atoms with Gasteiger partial charge in [0.25, 0.3) is 0 Å². The number of hydrogen-bond acceptors (Lipinski definition) is 5. The molecule has 0 aromatic heterocycles. The molecule has 0 aliphatic heterocycles. The van der Waals surface area contributed by atoms with Crippen molar-refractivity contribution in [3.05, 3.63) is 18.2 Å². The lowest BCUT2D eigenvalue weighted by molar-refractivity contribution is 0.0526.